The van der Waals surface area contributed by atoms with Gasteiger partial charge in [0.15, 0.2) is 0 Å². The van der Waals surface area contributed by atoms with E-state index in [2.05, 4.69) is 22.2 Å². The van der Waals surface area contributed by atoms with E-state index >= 15 is 0 Å². The zero-order valence-electron chi connectivity index (χ0n) is 9.59. The Hall–Kier alpha value is -1.68. The van der Waals surface area contributed by atoms with Crippen LogP contribution in [0.3, 0.4) is 0 Å². The molecule has 1 atom stereocenters. The lowest BCUT2D eigenvalue weighted by Gasteiger charge is -2.13. The van der Waals surface area contributed by atoms with Crippen molar-refractivity contribution in [1.29, 1.82) is 0 Å². The van der Waals surface area contributed by atoms with Gasteiger partial charge in [-0.05, 0) is 24.6 Å². The first kappa shape index (κ1) is 10.8. The van der Waals surface area contributed by atoms with Crippen molar-refractivity contribution < 1.29 is 0 Å². The molecule has 2 rings (SSSR count). The fourth-order valence-electron chi connectivity index (χ4n) is 1.58. The standard InChI is InChI=1S/C12H16N4/c1-10(11-3-5-13-6-4-11)15-9-12-14-7-8-16(12)2/h3-8,10,15H,9H2,1-2H3/t10-/m0/s1. The lowest BCUT2D eigenvalue weighted by molar-refractivity contribution is 0.549. The highest BCUT2D eigenvalue weighted by Gasteiger charge is 2.05. The number of aryl methyl sites for hydroxylation is 1. The number of nitrogens with zero attached hydrogens (tertiary/aromatic N) is 3. The zero-order valence-corrected chi connectivity index (χ0v) is 9.59. The minimum atomic E-state index is 0.305. The molecule has 84 valence electrons. The minimum Gasteiger partial charge on any atom is -0.337 e. The third-order valence-corrected chi connectivity index (χ3v) is 2.69. The molecule has 0 saturated carbocycles. The molecule has 0 unspecified atom stereocenters. The van der Waals surface area contributed by atoms with Crippen molar-refractivity contribution in [3.63, 3.8) is 0 Å². The second kappa shape index (κ2) is 4.90. The normalized spacial score (nSPS) is 12.6. The summed E-state index contributed by atoms with van der Waals surface area (Å²) in [5.74, 6) is 1.04. The molecule has 0 saturated heterocycles. The summed E-state index contributed by atoms with van der Waals surface area (Å²) in [5, 5.41) is 3.43. The topological polar surface area (TPSA) is 42.7 Å². The highest BCUT2D eigenvalue weighted by molar-refractivity contribution is 5.14. The van der Waals surface area contributed by atoms with Gasteiger partial charge in [0.1, 0.15) is 5.82 Å². The van der Waals surface area contributed by atoms with Crippen LogP contribution >= 0.6 is 0 Å². The van der Waals surface area contributed by atoms with E-state index in [0.29, 0.717) is 6.04 Å². The maximum Gasteiger partial charge on any atom is 0.122 e. The quantitative estimate of drug-likeness (QED) is 0.845. The van der Waals surface area contributed by atoms with Crippen LogP contribution in [0.4, 0.5) is 0 Å². The number of rotatable bonds is 4. The maximum absolute atomic E-state index is 4.27. The fourth-order valence-corrected chi connectivity index (χ4v) is 1.58. The van der Waals surface area contributed by atoms with E-state index in [1.54, 1.807) is 0 Å². The average Bonchev–Trinajstić information content (AvgIpc) is 2.73. The molecule has 2 aromatic rings. The monoisotopic (exact) mass is 216 g/mol. The highest BCUT2D eigenvalue weighted by atomic mass is 15.1. The Morgan fingerprint density at radius 3 is 2.69 bits per heavy atom. The van der Waals surface area contributed by atoms with E-state index in [4.69, 9.17) is 0 Å². The second-order valence-electron chi connectivity index (χ2n) is 3.84. The second-order valence-corrected chi connectivity index (χ2v) is 3.84. The van der Waals surface area contributed by atoms with Crippen LogP contribution in [0.1, 0.15) is 24.4 Å². The Labute approximate surface area is 95.4 Å². The van der Waals surface area contributed by atoms with E-state index in [1.165, 1.54) is 5.56 Å². The Morgan fingerprint density at radius 2 is 2.06 bits per heavy atom. The Bertz CT molecular complexity index is 435. The van der Waals surface area contributed by atoms with Crippen LogP contribution in [-0.4, -0.2) is 14.5 Å². The largest absolute Gasteiger partial charge is 0.337 e. The summed E-state index contributed by atoms with van der Waals surface area (Å²) in [6.07, 6.45) is 7.39. The third-order valence-electron chi connectivity index (χ3n) is 2.69. The van der Waals surface area contributed by atoms with Crippen molar-refractivity contribution >= 4 is 0 Å². The number of pyridine rings is 1. The number of aromatic nitrogens is 3. The van der Waals surface area contributed by atoms with Gasteiger partial charge in [0.25, 0.3) is 0 Å². The summed E-state index contributed by atoms with van der Waals surface area (Å²) >= 11 is 0. The van der Waals surface area contributed by atoms with Crippen LogP contribution in [0.15, 0.2) is 36.9 Å². The molecular formula is C12H16N4. The number of nitrogens with one attached hydrogen (secondary N) is 1. The van der Waals surface area contributed by atoms with Gasteiger partial charge >= 0.3 is 0 Å². The molecule has 0 aromatic carbocycles. The van der Waals surface area contributed by atoms with Crippen LogP contribution in [-0.2, 0) is 13.6 Å². The molecule has 0 amide bonds. The maximum atomic E-state index is 4.27. The summed E-state index contributed by atoms with van der Waals surface area (Å²) in [5.41, 5.74) is 1.24. The van der Waals surface area contributed by atoms with Crippen LogP contribution < -0.4 is 5.32 Å². The summed E-state index contributed by atoms with van der Waals surface area (Å²) in [4.78, 5) is 8.28. The molecule has 4 nitrogen and oxygen atoms in total. The Morgan fingerprint density at radius 1 is 1.31 bits per heavy atom. The molecular weight excluding hydrogens is 200 g/mol. The van der Waals surface area contributed by atoms with Crippen molar-refractivity contribution in [3.05, 3.63) is 48.3 Å². The molecule has 0 aliphatic heterocycles. The van der Waals surface area contributed by atoms with Crippen molar-refractivity contribution in [1.82, 2.24) is 19.9 Å². The van der Waals surface area contributed by atoms with Crippen molar-refractivity contribution in [3.8, 4) is 0 Å². The van der Waals surface area contributed by atoms with Gasteiger partial charge in [-0.25, -0.2) is 4.98 Å². The molecule has 0 fully saturated rings. The summed E-state index contributed by atoms with van der Waals surface area (Å²) in [6, 6.07) is 4.35. The third kappa shape index (κ3) is 2.46. The molecule has 1 N–H and O–H groups in total. The molecule has 4 heteroatoms. The molecule has 0 aliphatic rings. The Kier molecular flexibility index (Phi) is 3.31. The molecule has 16 heavy (non-hydrogen) atoms. The van der Waals surface area contributed by atoms with Gasteiger partial charge in [-0.15, -0.1) is 0 Å². The molecule has 2 aromatic heterocycles. The summed E-state index contributed by atoms with van der Waals surface area (Å²) < 4.78 is 2.02. The molecule has 0 bridgehead atoms. The van der Waals surface area contributed by atoms with Crippen molar-refractivity contribution in [2.24, 2.45) is 7.05 Å². The van der Waals surface area contributed by atoms with Crippen LogP contribution in [0.2, 0.25) is 0 Å². The van der Waals surface area contributed by atoms with Crippen molar-refractivity contribution in [2.45, 2.75) is 19.5 Å². The first-order chi connectivity index (χ1) is 7.77. The van der Waals surface area contributed by atoms with Crippen LogP contribution in [0.5, 0.6) is 0 Å². The minimum absolute atomic E-state index is 0.305. The van der Waals surface area contributed by atoms with Gasteiger partial charge in [-0.2, -0.15) is 0 Å². The number of hydrogen-bond donors (Lipinski definition) is 1. The van der Waals surface area contributed by atoms with Gasteiger partial charge in [0.05, 0.1) is 6.54 Å². The van der Waals surface area contributed by atoms with E-state index in [1.807, 2.05) is 48.5 Å². The molecule has 0 aliphatic carbocycles. The first-order valence-electron chi connectivity index (χ1n) is 5.37. The van der Waals surface area contributed by atoms with Crippen LogP contribution in [0, 0.1) is 0 Å². The molecule has 0 spiro atoms. The van der Waals surface area contributed by atoms with Gasteiger partial charge in [0.2, 0.25) is 0 Å². The average molecular weight is 216 g/mol. The molecule has 0 radical (unpaired) electrons. The van der Waals surface area contributed by atoms with Crippen LogP contribution in [0.25, 0.3) is 0 Å². The highest BCUT2D eigenvalue weighted by Crippen LogP contribution is 2.10. The SMILES string of the molecule is C[C@H](NCc1nccn1C)c1ccncc1. The van der Waals surface area contributed by atoms with Gasteiger partial charge in [0, 0.05) is 37.9 Å². The molecule has 2 heterocycles. The lowest BCUT2D eigenvalue weighted by atomic mass is 10.1. The predicted octanol–water partition coefficient (Wildman–Crippen LogP) is 1.67. The number of imidazole rings is 1. The first-order valence-corrected chi connectivity index (χ1v) is 5.37. The van der Waals surface area contributed by atoms with Gasteiger partial charge in [-0.3, -0.25) is 4.98 Å². The van der Waals surface area contributed by atoms with E-state index in [9.17, 15) is 0 Å². The van der Waals surface area contributed by atoms with Gasteiger partial charge < -0.3 is 9.88 Å². The van der Waals surface area contributed by atoms with E-state index < -0.39 is 0 Å². The van der Waals surface area contributed by atoms with Gasteiger partial charge in [-0.1, -0.05) is 0 Å². The predicted molar refractivity (Wildman–Crippen MR) is 62.7 cm³/mol. The summed E-state index contributed by atoms with van der Waals surface area (Å²) in [6.45, 7) is 2.91. The lowest BCUT2D eigenvalue weighted by Crippen LogP contribution is -2.20. The number of hydrogen-bond acceptors (Lipinski definition) is 3. The zero-order chi connectivity index (χ0) is 11.4. The van der Waals surface area contributed by atoms with E-state index in [-0.39, 0.29) is 0 Å². The van der Waals surface area contributed by atoms with E-state index in [0.717, 1.165) is 12.4 Å². The summed E-state index contributed by atoms with van der Waals surface area (Å²) in [7, 11) is 2.00. The fraction of sp³-hybridized carbons (Fsp3) is 0.333. The Balaban J connectivity index is 1.94. The van der Waals surface area contributed by atoms with Crippen molar-refractivity contribution in [2.75, 3.05) is 0 Å². The smallest absolute Gasteiger partial charge is 0.122 e.